The molecule has 5 N–H and O–H groups in total. The summed E-state index contributed by atoms with van der Waals surface area (Å²) in [7, 11) is 1.61. The van der Waals surface area contributed by atoms with Gasteiger partial charge in [-0.3, -0.25) is 4.57 Å². The maximum absolute atomic E-state index is 12.5. The molecule has 4 rings (SSSR count). The molecule has 136 valence electrons. The Balaban J connectivity index is 1.75. The summed E-state index contributed by atoms with van der Waals surface area (Å²) in [6, 6.07) is 7.82. The number of imidazole rings is 1. The Hall–Kier alpha value is -3.07. The van der Waals surface area contributed by atoms with E-state index in [0.29, 0.717) is 29.4 Å². The van der Waals surface area contributed by atoms with Crippen molar-refractivity contribution >= 4 is 22.9 Å². The summed E-state index contributed by atoms with van der Waals surface area (Å²) in [6.45, 7) is 2.13. The summed E-state index contributed by atoms with van der Waals surface area (Å²) in [5.41, 5.74) is 7.56. The van der Waals surface area contributed by atoms with Gasteiger partial charge in [-0.1, -0.05) is 18.2 Å². The molecule has 3 aromatic rings. The fourth-order valence-corrected chi connectivity index (χ4v) is 3.23. The molecule has 26 heavy (non-hydrogen) atoms. The van der Waals surface area contributed by atoms with Crippen molar-refractivity contribution in [2.24, 2.45) is 0 Å². The van der Waals surface area contributed by atoms with Gasteiger partial charge in [-0.05, 0) is 19.0 Å². The van der Waals surface area contributed by atoms with E-state index in [0.717, 1.165) is 25.1 Å². The predicted octanol–water partition coefficient (Wildman–Crippen LogP) is 0.533. The molecule has 0 radical (unpaired) electrons. The third kappa shape index (κ3) is 2.97. The first-order chi connectivity index (χ1) is 12.7. The van der Waals surface area contributed by atoms with Crippen molar-refractivity contribution in [1.82, 2.24) is 24.8 Å². The lowest BCUT2D eigenvalue weighted by atomic mass is 10.2. The lowest BCUT2D eigenvalue weighted by molar-refractivity contribution is 0.408. The summed E-state index contributed by atoms with van der Waals surface area (Å²) in [5, 5.41) is 6.56. The number of nitrogens with one attached hydrogen (secondary N) is 3. The molecular formula is C17H21N7O2. The van der Waals surface area contributed by atoms with Crippen LogP contribution in [0.3, 0.4) is 0 Å². The monoisotopic (exact) mass is 355 g/mol. The molecule has 1 fully saturated rings. The van der Waals surface area contributed by atoms with E-state index in [1.165, 1.54) is 0 Å². The highest BCUT2D eigenvalue weighted by molar-refractivity contribution is 5.83. The largest absolute Gasteiger partial charge is 0.496 e. The van der Waals surface area contributed by atoms with Crippen LogP contribution in [0.2, 0.25) is 0 Å². The molecular weight excluding hydrogens is 334 g/mol. The lowest BCUT2D eigenvalue weighted by Gasteiger charge is -2.12. The number of hydrogen-bond donors (Lipinski definition) is 4. The highest BCUT2D eigenvalue weighted by Crippen LogP contribution is 2.22. The number of methoxy groups -OCH3 is 1. The number of H-pyrrole nitrogens is 1. The van der Waals surface area contributed by atoms with E-state index in [1.807, 2.05) is 24.3 Å². The van der Waals surface area contributed by atoms with Gasteiger partial charge >= 0.3 is 5.69 Å². The zero-order chi connectivity index (χ0) is 18.1. The molecule has 1 aliphatic rings. The molecule has 1 saturated heterocycles. The number of benzene rings is 1. The molecule has 0 saturated carbocycles. The van der Waals surface area contributed by atoms with Gasteiger partial charge in [-0.15, -0.1) is 0 Å². The number of hydrogen-bond acceptors (Lipinski definition) is 7. The van der Waals surface area contributed by atoms with E-state index >= 15 is 0 Å². The number of nitrogen functional groups attached to an aromatic ring is 1. The van der Waals surface area contributed by atoms with Gasteiger partial charge in [0.05, 0.1) is 13.7 Å². The standard InChI is InChI=1S/C17H21N7O2/c1-26-12-5-3-2-4-10(12)9-24-15-13(21-17(24)25)14(18)22-16(23-15)20-11-6-7-19-8-11/h2-5,11,19H,6-9H2,1H3,(H,21,25)(H3,18,20,22,23)/t11-/m1/s1. The molecule has 9 nitrogen and oxygen atoms in total. The molecule has 1 aliphatic heterocycles. The van der Waals surface area contributed by atoms with Crippen LogP contribution >= 0.6 is 0 Å². The van der Waals surface area contributed by atoms with Crippen molar-refractivity contribution in [2.45, 2.75) is 19.0 Å². The van der Waals surface area contributed by atoms with Crippen molar-refractivity contribution in [3.8, 4) is 5.75 Å². The van der Waals surface area contributed by atoms with E-state index in [9.17, 15) is 4.79 Å². The van der Waals surface area contributed by atoms with Crippen molar-refractivity contribution in [3.63, 3.8) is 0 Å². The third-order valence-corrected chi connectivity index (χ3v) is 4.57. The molecule has 0 bridgehead atoms. The molecule has 0 unspecified atom stereocenters. The van der Waals surface area contributed by atoms with Crippen LogP contribution in [0.4, 0.5) is 11.8 Å². The van der Waals surface area contributed by atoms with E-state index in [4.69, 9.17) is 10.5 Å². The second-order valence-electron chi connectivity index (χ2n) is 6.29. The summed E-state index contributed by atoms with van der Waals surface area (Å²) in [5.74, 6) is 1.39. The summed E-state index contributed by atoms with van der Waals surface area (Å²) >= 11 is 0. The molecule has 2 aromatic heterocycles. The first-order valence-electron chi connectivity index (χ1n) is 8.51. The number of nitrogens with zero attached hydrogens (tertiary/aromatic N) is 3. The summed E-state index contributed by atoms with van der Waals surface area (Å²) < 4.78 is 6.92. The molecule has 3 heterocycles. The van der Waals surface area contributed by atoms with Gasteiger partial charge in [0, 0.05) is 18.2 Å². The van der Waals surface area contributed by atoms with Crippen molar-refractivity contribution < 1.29 is 4.74 Å². The Morgan fingerprint density at radius 2 is 2.23 bits per heavy atom. The van der Waals surface area contributed by atoms with Gasteiger partial charge in [0.25, 0.3) is 0 Å². The van der Waals surface area contributed by atoms with Crippen LogP contribution in [0, 0.1) is 0 Å². The number of fused-ring (bicyclic) bond motifs is 1. The first kappa shape index (κ1) is 16.4. The zero-order valence-corrected chi connectivity index (χ0v) is 14.5. The van der Waals surface area contributed by atoms with Gasteiger partial charge in [0.15, 0.2) is 11.5 Å². The van der Waals surface area contributed by atoms with E-state index in [2.05, 4.69) is 25.6 Å². The van der Waals surface area contributed by atoms with Crippen molar-refractivity contribution in [3.05, 3.63) is 40.3 Å². The topological polar surface area (TPSA) is 123 Å². The number of ether oxygens (including phenoxy) is 1. The Kier molecular flexibility index (Phi) is 4.21. The van der Waals surface area contributed by atoms with Gasteiger partial charge in [-0.25, -0.2) is 4.79 Å². The highest BCUT2D eigenvalue weighted by Gasteiger charge is 2.19. The van der Waals surface area contributed by atoms with Crippen LogP contribution < -0.4 is 26.8 Å². The molecule has 0 aliphatic carbocycles. The SMILES string of the molecule is COc1ccccc1Cn1c(=O)[nH]c2c(N)nc(N[C@@H]3CCNC3)nc21. The van der Waals surface area contributed by atoms with Gasteiger partial charge in [0.2, 0.25) is 5.95 Å². The summed E-state index contributed by atoms with van der Waals surface area (Å²) in [6.07, 6.45) is 0.989. The summed E-state index contributed by atoms with van der Waals surface area (Å²) in [4.78, 5) is 24.0. The Morgan fingerprint density at radius 3 is 3.00 bits per heavy atom. The smallest absolute Gasteiger partial charge is 0.328 e. The lowest BCUT2D eigenvalue weighted by Crippen LogP contribution is -2.24. The number of rotatable bonds is 5. The Bertz CT molecular complexity index is 988. The maximum Gasteiger partial charge on any atom is 0.328 e. The molecule has 9 heteroatoms. The van der Waals surface area contributed by atoms with Gasteiger partial charge < -0.3 is 26.1 Å². The second-order valence-corrected chi connectivity index (χ2v) is 6.29. The fourth-order valence-electron chi connectivity index (χ4n) is 3.23. The van der Waals surface area contributed by atoms with Crippen molar-refractivity contribution in [2.75, 3.05) is 31.2 Å². The number of aromatic nitrogens is 4. The van der Waals surface area contributed by atoms with Crippen LogP contribution in [0.1, 0.15) is 12.0 Å². The minimum Gasteiger partial charge on any atom is -0.496 e. The van der Waals surface area contributed by atoms with E-state index in [-0.39, 0.29) is 17.5 Å². The zero-order valence-electron chi connectivity index (χ0n) is 14.5. The highest BCUT2D eigenvalue weighted by atomic mass is 16.5. The predicted molar refractivity (Wildman–Crippen MR) is 99.6 cm³/mol. The number of anilines is 2. The number of para-hydroxylation sites is 1. The third-order valence-electron chi connectivity index (χ3n) is 4.57. The molecule has 1 atom stereocenters. The molecule has 0 spiro atoms. The number of aromatic amines is 1. The van der Waals surface area contributed by atoms with Crippen molar-refractivity contribution in [1.29, 1.82) is 0 Å². The van der Waals surface area contributed by atoms with Crippen LogP contribution in [0.25, 0.3) is 11.2 Å². The quantitative estimate of drug-likeness (QED) is 0.526. The second kappa shape index (κ2) is 6.68. The Labute approximate surface area is 149 Å². The van der Waals surface area contributed by atoms with Crippen LogP contribution in [-0.4, -0.2) is 45.8 Å². The van der Waals surface area contributed by atoms with Crippen LogP contribution in [0.5, 0.6) is 5.75 Å². The first-order valence-corrected chi connectivity index (χ1v) is 8.51. The average Bonchev–Trinajstić information content (AvgIpc) is 3.25. The van der Waals surface area contributed by atoms with Gasteiger partial charge in [-0.2, -0.15) is 9.97 Å². The Morgan fingerprint density at radius 1 is 1.38 bits per heavy atom. The normalized spacial score (nSPS) is 16.9. The minimum atomic E-state index is -0.286. The fraction of sp³-hybridized carbons (Fsp3) is 0.353. The minimum absolute atomic E-state index is 0.249. The number of nitrogens with two attached hydrogens (primary N) is 1. The van der Waals surface area contributed by atoms with E-state index in [1.54, 1.807) is 11.7 Å². The maximum atomic E-state index is 12.5. The molecule has 1 aromatic carbocycles. The van der Waals surface area contributed by atoms with Gasteiger partial charge in [0.1, 0.15) is 11.3 Å². The van der Waals surface area contributed by atoms with Crippen LogP contribution in [0.15, 0.2) is 29.1 Å². The molecule has 0 amide bonds. The van der Waals surface area contributed by atoms with Crippen LogP contribution in [-0.2, 0) is 6.54 Å². The van der Waals surface area contributed by atoms with E-state index < -0.39 is 0 Å². The average molecular weight is 355 g/mol.